The van der Waals surface area contributed by atoms with Gasteiger partial charge in [-0.1, -0.05) is 42.5 Å². The Morgan fingerprint density at radius 3 is 2.59 bits per heavy atom. The van der Waals surface area contributed by atoms with Crippen molar-refractivity contribution in [1.82, 2.24) is 10.3 Å². The predicted molar refractivity (Wildman–Crippen MR) is 135 cm³/mol. The first kappa shape index (κ1) is 25.1. The summed E-state index contributed by atoms with van der Waals surface area (Å²) in [7, 11) is 0. The van der Waals surface area contributed by atoms with E-state index < -0.39 is 12.1 Å². The number of hydrogen-bond donors (Lipinski definition) is 5. The number of amides is 1. The van der Waals surface area contributed by atoms with Crippen LogP contribution in [0.1, 0.15) is 22.8 Å². The zero-order chi connectivity index (χ0) is 24.5. The molecule has 0 aliphatic heterocycles. The molecule has 0 fully saturated rings. The molecule has 0 saturated heterocycles. The highest BCUT2D eigenvalue weighted by Crippen LogP contribution is 2.28. The molecule has 0 saturated carbocycles. The molecule has 0 aliphatic carbocycles. The van der Waals surface area contributed by atoms with Gasteiger partial charge in [0, 0.05) is 30.4 Å². The highest BCUT2D eigenvalue weighted by molar-refractivity contribution is 7.80. The molecular weight excluding hydrogens is 452 g/mol. The van der Waals surface area contributed by atoms with Crippen LogP contribution in [-0.2, 0) is 11.3 Å². The summed E-state index contributed by atoms with van der Waals surface area (Å²) >= 11 is 4.21. The van der Waals surface area contributed by atoms with Gasteiger partial charge >= 0.3 is 5.97 Å². The van der Waals surface area contributed by atoms with Crippen molar-refractivity contribution in [2.45, 2.75) is 25.6 Å². The molecule has 1 aromatic heterocycles. The predicted octanol–water partition coefficient (Wildman–Crippen LogP) is 3.20. The van der Waals surface area contributed by atoms with Crippen molar-refractivity contribution < 1.29 is 19.4 Å². The summed E-state index contributed by atoms with van der Waals surface area (Å²) in [6, 6.07) is 19.6. The molecular formula is C25H28N4O4S. The van der Waals surface area contributed by atoms with Gasteiger partial charge < -0.3 is 26.2 Å². The normalized spacial score (nSPS) is 12.4. The van der Waals surface area contributed by atoms with Crippen molar-refractivity contribution in [3.63, 3.8) is 0 Å². The number of nitrogens with one attached hydrogen (secondary N) is 2. The SMILES string of the molecule is CC(Oc1nc(-c2ccccc2)ccc1NCC(N)CS)C(=O)NCc1cccc(C(=O)O)c1. The number of carbonyl (C=O) groups is 2. The number of ether oxygens (including phenoxy) is 1. The second kappa shape index (κ2) is 12.1. The second-order valence-corrected chi connectivity index (χ2v) is 8.09. The first-order chi connectivity index (χ1) is 16.4. The van der Waals surface area contributed by atoms with Crippen LogP contribution in [0, 0.1) is 0 Å². The Kier molecular flexibility index (Phi) is 8.89. The minimum absolute atomic E-state index is 0.160. The Morgan fingerprint density at radius 1 is 1.12 bits per heavy atom. The number of carboxylic acids is 1. The number of rotatable bonds is 11. The van der Waals surface area contributed by atoms with Gasteiger partial charge in [0.05, 0.1) is 16.9 Å². The third kappa shape index (κ3) is 6.97. The Balaban J connectivity index is 1.73. The highest BCUT2D eigenvalue weighted by Gasteiger charge is 2.19. The van der Waals surface area contributed by atoms with Crippen molar-refractivity contribution in [1.29, 1.82) is 0 Å². The van der Waals surface area contributed by atoms with E-state index in [-0.39, 0.29) is 29.9 Å². The zero-order valence-corrected chi connectivity index (χ0v) is 19.7. The van der Waals surface area contributed by atoms with E-state index in [1.165, 1.54) is 12.1 Å². The average Bonchev–Trinajstić information content (AvgIpc) is 2.86. The van der Waals surface area contributed by atoms with Gasteiger partial charge in [-0.3, -0.25) is 4.79 Å². The van der Waals surface area contributed by atoms with Crippen LogP contribution in [0.5, 0.6) is 5.88 Å². The number of aromatic carboxylic acids is 1. The first-order valence-electron chi connectivity index (χ1n) is 10.8. The number of nitrogens with zero attached hydrogens (tertiary/aromatic N) is 1. The molecule has 3 rings (SSSR count). The molecule has 9 heteroatoms. The maximum atomic E-state index is 12.7. The van der Waals surface area contributed by atoms with Crippen molar-refractivity contribution in [3.05, 3.63) is 77.9 Å². The molecule has 178 valence electrons. The lowest BCUT2D eigenvalue weighted by Crippen LogP contribution is -2.36. The van der Waals surface area contributed by atoms with E-state index in [1.807, 2.05) is 42.5 Å². The molecule has 0 radical (unpaired) electrons. The van der Waals surface area contributed by atoms with E-state index in [0.29, 0.717) is 29.2 Å². The number of hydrogen-bond acceptors (Lipinski definition) is 7. The number of aromatic nitrogens is 1. The first-order valence-corrected chi connectivity index (χ1v) is 11.4. The largest absolute Gasteiger partial charge is 0.478 e. The molecule has 1 amide bonds. The third-order valence-electron chi connectivity index (χ3n) is 5.02. The van der Waals surface area contributed by atoms with E-state index in [2.05, 4.69) is 28.2 Å². The number of thiol groups is 1. The summed E-state index contributed by atoms with van der Waals surface area (Å²) in [5.41, 5.74) is 9.04. The van der Waals surface area contributed by atoms with Crippen molar-refractivity contribution >= 4 is 30.2 Å². The summed E-state index contributed by atoms with van der Waals surface area (Å²) in [4.78, 5) is 28.5. The zero-order valence-electron chi connectivity index (χ0n) is 18.8. The van der Waals surface area contributed by atoms with Gasteiger partial charge in [-0.05, 0) is 36.8 Å². The third-order valence-corrected chi connectivity index (χ3v) is 5.49. The molecule has 2 unspecified atom stereocenters. The summed E-state index contributed by atoms with van der Waals surface area (Å²) in [6.07, 6.45) is -0.847. The van der Waals surface area contributed by atoms with Gasteiger partial charge in [0.25, 0.3) is 5.91 Å². The lowest BCUT2D eigenvalue weighted by molar-refractivity contribution is -0.127. The maximum absolute atomic E-state index is 12.7. The molecule has 8 nitrogen and oxygen atoms in total. The molecule has 2 atom stereocenters. The topological polar surface area (TPSA) is 127 Å². The van der Waals surface area contributed by atoms with Crippen LogP contribution in [0.3, 0.4) is 0 Å². The number of carboxylic acid groups (broad SMARTS) is 1. The fourth-order valence-corrected chi connectivity index (χ4v) is 3.24. The molecule has 0 spiro atoms. The van der Waals surface area contributed by atoms with Crippen LogP contribution in [0.2, 0.25) is 0 Å². The van der Waals surface area contributed by atoms with Crippen molar-refractivity contribution in [2.24, 2.45) is 5.73 Å². The monoisotopic (exact) mass is 480 g/mol. The number of benzene rings is 2. The number of anilines is 1. The number of carbonyl (C=O) groups excluding carboxylic acids is 1. The Morgan fingerprint density at radius 2 is 1.88 bits per heavy atom. The quantitative estimate of drug-likeness (QED) is 0.267. The van der Waals surface area contributed by atoms with Crippen LogP contribution < -0.4 is 21.1 Å². The number of pyridine rings is 1. The Hall–Kier alpha value is -3.56. The summed E-state index contributed by atoms with van der Waals surface area (Å²) in [5.74, 6) is -0.582. The minimum Gasteiger partial charge on any atom is -0.478 e. The van der Waals surface area contributed by atoms with E-state index in [0.717, 1.165) is 5.56 Å². The molecule has 0 bridgehead atoms. The highest BCUT2D eigenvalue weighted by atomic mass is 32.1. The van der Waals surface area contributed by atoms with Crippen LogP contribution >= 0.6 is 12.6 Å². The Bertz CT molecular complexity index is 1130. The Labute approximate surface area is 204 Å². The number of nitrogens with two attached hydrogens (primary N) is 1. The van der Waals surface area contributed by atoms with E-state index >= 15 is 0 Å². The standard InChI is InChI=1S/C25H28N4O4S/c1-16(23(30)28-13-17-6-5-9-19(12-17)25(31)32)33-24-22(27-14-20(26)15-34)11-10-21(29-24)18-7-3-2-4-8-18/h2-12,16,20,27,34H,13-15,26H2,1H3,(H,28,30)(H,31,32). The molecule has 1 heterocycles. The molecule has 2 aromatic carbocycles. The van der Waals surface area contributed by atoms with Gasteiger partial charge in [0.2, 0.25) is 5.88 Å². The lowest BCUT2D eigenvalue weighted by atomic mass is 10.1. The van der Waals surface area contributed by atoms with E-state index in [9.17, 15) is 9.59 Å². The van der Waals surface area contributed by atoms with Crippen molar-refractivity contribution in [2.75, 3.05) is 17.6 Å². The van der Waals surface area contributed by atoms with Crippen LogP contribution in [0.15, 0.2) is 66.7 Å². The molecule has 3 aromatic rings. The molecule has 5 N–H and O–H groups in total. The van der Waals surface area contributed by atoms with Crippen LogP contribution in [-0.4, -0.2) is 46.4 Å². The fourth-order valence-electron chi connectivity index (χ4n) is 3.11. The average molecular weight is 481 g/mol. The van der Waals surface area contributed by atoms with Gasteiger partial charge in [0.1, 0.15) is 0 Å². The summed E-state index contributed by atoms with van der Waals surface area (Å²) in [6.45, 7) is 2.27. The van der Waals surface area contributed by atoms with Crippen molar-refractivity contribution in [3.8, 4) is 17.1 Å². The summed E-state index contributed by atoms with van der Waals surface area (Å²) < 4.78 is 5.95. The van der Waals surface area contributed by atoms with Gasteiger partial charge in [-0.25, -0.2) is 9.78 Å². The minimum atomic E-state index is -1.02. The van der Waals surface area contributed by atoms with Gasteiger partial charge in [-0.2, -0.15) is 12.6 Å². The van der Waals surface area contributed by atoms with Gasteiger partial charge in [0.15, 0.2) is 6.10 Å². The fraction of sp³-hybridized carbons (Fsp3) is 0.240. The van der Waals surface area contributed by atoms with Gasteiger partial charge in [-0.15, -0.1) is 0 Å². The van der Waals surface area contributed by atoms with Crippen LogP contribution in [0.25, 0.3) is 11.3 Å². The maximum Gasteiger partial charge on any atom is 0.335 e. The van der Waals surface area contributed by atoms with E-state index in [4.69, 9.17) is 15.6 Å². The smallest absolute Gasteiger partial charge is 0.335 e. The van der Waals surface area contributed by atoms with Crippen LogP contribution in [0.4, 0.5) is 5.69 Å². The molecule has 0 aliphatic rings. The molecule has 34 heavy (non-hydrogen) atoms. The second-order valence-electron chi connectivity index (χ2n) is 7.72. The van der Waals surface area contributed by atoms with E-state index in [1.54, 1.807) is 19.1 Å². The lowest BCUT2D eigenvalue weighted by Gasteiger charge is -2.19. The summed E-state index contributed by atoms with van der Waals surface area (Å²) in [5, 5.41) is 15.1.